The van der Waals surface area contributed by atoms with Gasteiger partial charge in [-0.25, -0.2) is 4.39 Å². The van der Waals surface area contributed by atoms with Crippen LogP contribution in [0.4, 0.5) is 10.1 Å². The first-order chi connectivity index (χ1) is 10.0. The maximum Gasteiger partial charge on any atom is 0.238 e. The van der Waals surface area contributed by atoms with Gasteiger partial charge in [-0.1, -0.05) is 18.2 Å². The quantitative estimate of drug-likeness (QED) is 0.842. The lowest BCUT2D eigenvalue weighted by Crippen LogP contribution is -2.48. The van der Waals surface area contributed by atoms with Crippen molar-refractivity contribution in [1.82, 2.24) is 9.80 Å². The molecule has 1 amide bonds. The highest BCUT2D eigenvalue weighted by Gasteiger charge is 2.18. The molecule has 1 aliphatic heterocycles. The van der Waals surface area contributed by atoms with E-state index < -0.39 is 0 Å². The van der Waals surface area contributed by atoms with Crippen LogP contribution in [0.15, 0.2) is 36.4 Å². The Morgan fingerprint density at radius 3 is 2.43 bits per heavy atom. The molecule has 0 spiro atoms. The molecule has 0 atom stereocenters. The van der Waals surface area contributed by atoms with Gasteiger partial charge >= 0.3 is 0 Å². The highest BCUT2D eigenvalue weighted by atomic mass is 19.1. The zero-order chi connectivity index (χ0) is 15.2. The van der Waals surface area contributed by atoms with E-state index in [9.17, 15) is 9.18 Å². The van der Waals surface area contributed by atoms with Gasteiger partial charge in [0.25, 0.3) is 0 Å². The third-order valence-electron chi connectivity index (χ3n) is 3.43. The molecule has 114 valence electrons. The Bertz CT molecular complexity index is 510. The van der Waals surface area contributed by atoms with Gasteiger partial charge in [-0.2, -0.15) is 0 Å². The molecule has 1 heterocycles. The van der Waals surface area contributed by atoms with Gasteiger partial charge in [-0.05, 0) is 25.1 Å². The van der Waals surface area contributed by atoms with E-state index in [1.165, 1.54) is 12.1 Å². The molecule has 0 saturated carbocycles. The Hall–Kier alpha value is -1.72. The van der Waals surface area contributed by atoms with Gasteiger partial charge in [0.1, 0.15) is 5.82 Å². The standard InChI is InChI=1S/C16H22FN3O/c1-13(2)11-19-6-8-20(9-7-19)12-16(21)18-15-5-3-4-14(17)10-15/h3-5,10H,1,6-9,11-12H2,2H3,(H,18,21). The third kappa shape index (κ3) is 5.28. The molecule has 0 aliphatic carbocycles. The number of carbonyl (C=O) groups is 1. The second-order valence-electron chi connectivity index (χ2n) is 5.57. The Balaban J connectivity index is 1.75. The number of halogens is 1. The number of rotatable bonds is 5. The van der Waals surface area contributed by atoms with E-state index in [-0.39, 0.29) is 11.7 Å². The van der Waals surface area contributed by atoms with E-state index in [0.717, 1.165) is 38.3 Å². The van der Waals surface area contributed by atoms with Crippen LogP contribution >= 0.6 is 0 Å². The van der Waals surface area contributed by atoms with Crippen LogP contribution < -0.4 is 5.32 Å². The van der Waals surface area contributed by atoms with Crippen molar-refractivity contribution in [3.63, 3.8) is 0 Å². The lowest BCUT2D eigenvalue weighted by Gasteiger charge is -2.34. The van der Waals surface area contributed by atoms with Gasteiger partial charge < -0.3 is 5.32 Å². The molecule has 21 heavy (non-hydrogen) atoms. The monoisotopic (exact) mass is 291 g/mol. The fourth-order valence-corrected chi connectivity index (χ4v) is 2.46. The van der Waals surface area contributed by atoms with Gasteiger partial charge in [-0.3, -0.25) is 14.6 Å². The highest BCUT2D eigenvalue weighted by Crippen LogP contribution is 2.09. The van der Waals surface area contributed by atoms with Crippen LogP contribution in [0.3, 0.4) is 0 Å². The van der Waals surface area contributed by atoms with Crippen LogP contribution in [-0.4, -0.2) is 55.0 Å². The summed E-state index contributed by atoms with van der Waals surface area (Å²) in [6.07, 6.45) is 0. The van der Waals surface area contributed by atoms with Crippen molar-refractivity contribution in [1.29, 1.82) is 0 Å². The molecule has 0 unspecified atom stereocenters. The Kier molecular flexibility index (Phi) is 5.47. The van der Waals surface area contributed by atoms with Gasteiger partial charge in [-0.15, -0.1) is 0 Å². The third-order valence-corrected chi connectivity index (χ3v) is 3.43. The summed E-state index contributed by atoms with van der Waals surface area (Å²) in [5.74, 6) is -0.449. The first-order valence-corrected chi connectivity index (χ1v) is 7.17. The van der Waals surface area contributed by atoms with Gasteiger partial charge in [0.2, 0.25) is 5.91 Å². The predicted molar refractivity (Wildman–Crippen MR) is 82.7 cm³/mol. The number of nitrogens with zero attached hydrogens (tertiary/aromatic N) is 2. The van der Waals surface area contributed by atoms with Gasteiger partial charge in [0.15, 0.2) is 0 Å². The van der Waals surface area contributed by atoms with Gasteiger partial charge in [0, 0.05) is 38.4 Å². The van der Waals surface area contributed by atoms with E-state index in [2.05, 4.69) is 21.7 Å². The molecular formula is C16H22FN3O. The number of piperazine rings is 1. The lowest BCUT2D eigenvalue weighted by molar-refractivity contribution is -0.117. The largest absolute Gasteiger partial charge is 0.325 e. The molecule has 5 heteroatoms. The smallest absolute Gasteiger partial charge is 0.238 e. The minimum Gasteiger partial charge on any atom is -0.325 e. The maximum atomic E-state index is 13.0. The van der Waals surface area contributed by atoms with Crippen LogP contribution in [-0.2, 0) is 4.79 Å². The summed E-state index contributed by atoms with van der Waals surface area (Å²) in [7, 11) is 0. The average molecular weight is 291 g/mol. The number of hydrogen-bond donors (Lipinski definition) is 1. The summed E-state index contributed by atoms with van der Waals surface area (Å²) in [5.41, 5.74) is 1.66. The fraction of sp³-hybridized carbons (Fsp3) is 0.438. The number of hydrogen-bond acceptors (Lipinski definition) is 3. The average Bonchev–Trinajstić information content (AvgIpc) is 2.40. The Labute approximate surface area is 125 Å². The molecule has 4 nitrogen and oxygen atoms in total. The Morgan fingerprint density at radius 2 is 1.86 bits per heavy atom. The van der Waals surface area contributed by atoms with Crippen LogP contribution in [0.5, 0.6) is 0 Å². The second kappa shape index (κ2) is 7.33. The van der Waals surface area contributed by atoms with Crippen LogP contribution in [0.25, 0.3) is 0 Å². The number of anilines is 1. The van der Waals surface area contributed by atoms with Crippen molar-refractivity contribution in [3.05, 3.63) is 42.2 Å². The maximum absolute atomic E-state index is 13.0. The first-order valence-electron chi connectivity index (χ1n) is 7.17. The van der Waals surface area contributed by atoms with Crippen molar-refractivity contribution < 1.29 is 9.18 Å². The zero-order valence-corrected chi connectivity index (χ0v) is 12.4. The molecule has 0 bridgehead atoms. The molecule has 0 radical (unpaired) electrons. The predicted octanol–water partition coefficient (Wildman–Crippen LogP) is 1.96. The molecule has 1 aromatic rings. The van der Waals surface area contributed by atoms with Crippen molar-refractivity contribution in [2.45, 2.75) is 6.92 Å². The molecule has 1 aliphatic rings. The summed E-state index contributed by atoms with van der Waals surface area (Å²) in [6.45, 7) is 10.8. The van der Waals surface area contributed by atoms with E-state index in [4.69, 9.17) is 0 Å². The highest BCUT2D eigenvalue weighted by molar-refractivity contribution is 5.92. The minimum absolute atomic E-state index is 0.103. The number of amides is 1. The van der Waals surface area contributed by atoms with Crippen molar-refractivity contribution in [2.75, 3.05) is 44.6 Å². The SMILES string of the molecule is C=C(C)CN1CCN(CC(=O)Nc2cccc(F)c2)CC1. The number of carbonyl (C=O) groups excluding carboxylic acids is 1. The van der Waals surface area contributed by atoms with Crippen LogP contribution in [0.2, 0.25) is 0 Å². The van der Waals surface area contributed by atoms with E-state index in [0.29, 0.717) is 12.2 Å². The molecule has 0 aromatic heterocycles. The molecule has 1 fully saturated rings. The number of nitrogens with one attached hydrogen (secondary N) is 1. The van der Waals surface area contributed by atoms with Crippen molar-refractivity contribution in [2.24, 2.45) is 0 Å². The topological polar surface area (TPSA) is 35.6 Å². The van der Waals surface area contributed by atoms with E-state index >= 15 is 0 Å². The summed E-state index contributed by atoms with van der Waals surface area (Å²) in [6, 6.07) is 5.95. The van der Waals surface area contributed by atoms with E-state index in [1.807, 2.05) is 6.92 Å². The van der Waals surface area contributed by atoms with Crippen molar-refractivity contribution in [3.8, 4) is 0 Å². The summed E-state index contributed by atoms with van der Waals surface area (Å²) < 4.78 is 13.0. The van der Waals surface area contributed by atoms with E-state index in [1.54, 1.807) is 12.1 Å². The molecule has 1 saturated heterocycles. The normalized spacial score (nSPS) is 16.7. The van der Waals surface area contributed by atoms with Crippen LogP contribution in [0.1, 0.15) is 6.92 Å². The molecule has 2 rings (SSSR count). The zero-order valence-electron chi connectivity index (χ0n) is 12.4. The molecule has 1 aromatic carbocycles. The summed E-state index contributed by atoms with van der Waals surface area (Å²) in [5, 5.41) is 2.73. The molecule has 1 N–H and O–H groups in total. The fourth-order valence-electron chi connectivity index (χ4n) is 2.46. The number of benzene rings is 1. The minimum atomic E-state index is -0.346. The first kappa shape index (κ1) is 15.7. The van der Waals surface area contributed by atoms with Crippen molar-refractivity contribution >= 4 is 11.6 Å². The van der Waals surface area contributed by atoms with Crippen LogP contribution in [0, 0.1) is 5.82 Å². The second-order valence-corrected chi connectivity index (χ2v) is 5.57. The molecular weight excluding hydrogens is 269 g/mol. The van der Waals surface area contributed by atoms with Gasteiger partial charge in [0.05, 0.1) is 6.54 Å². The Morgan fingerprint density at radius 1 is 1.24 bits per heavy atom. The summed E-state index contributed by atoms with van der Waals surface area (Å²) >= 11 is 0. The lowest BCUT2D eigenvalue weighted by atomic mass is 10.2. The summed E-state index contributed by atoms with van der Waals surface area (Å²) in [4.78, 5) is 16.4.